The molecule has 2 atom stereocenters. The van der Waals surface area contributed by atoms with Crippen LogP contribution in [0.15, 0.2) is 47.8 Å². The maximum absolute atomic E-state index is 12.1. The summed E-state index contributed by atoms with van der Waals surface area (Å²) in [6.45, 7) is 0.206. The number of methoxy groups -OCH3 is 1. The van der Waals surface area contributed by atoms with Crippen LogP contribution in [0.1, 0.15) is 16.5 Å². The van der Waals surface area contributed by atoms with E-state index in [2.05, 4.69) is 5.32 Å². The summed E-state index contributed by atoms with van der Waals surface area (Å²) in [5.41, 5.74) is 6.81. The lowest BCUT2D eigenvalue weighted by Gasteiger charge is -2.20. The van der Waals surface area contributed by atoms with Crippen LogP contribution < -0.4 is 11.1 Å². The molecular weight excluding hydrogens is 272 g/mol. The molecule has 0 bridgehead atoms. The second-order valence-electron chi connectivity index (χ2n) is 4.43. The summed E-state index contributed by atoms with van der Waals surface area (Å²) in [6.07, 6.45) is 0. The number of hydrogen-bond donors (Lipinski definition) is 2. The summed E-state index contributed by atoms with van der Waals surface area (Å²) >= 11 is 1.61. The molecule has 0 saturated heterocycles. The molecule has 20 heavy (non-hydrogen) atoms. The molecular formula is C15H18N2O2S. The van der Waals surface area contributed by atoms with Gasteiger partial charge in [0.2, 0.25) is 5.91 Å². The molecule has 1 heterocycles. The largest absolute Gasteiger partial charge is 0.383 e. The van der Waals surface area contributed by atoms with Crippen LogP contribution in [0.25, 0.3) is 0 Å². The SMILES string of the molecule is COCC(N)C(=O)NC(c1ccccc1)c1cccs1. The Morgan fingerprint density at radius 1 is 1.30 bits per heavy atom. The first-order chi connectivity index (χ1) is 9.72. The molecule has 0 radical (unpaired) electrons. The van der Waals surface area contributed by atoms with Gasteiger partial charge in [0.15, 0.2) is 0 Å². The van der Waals surface area contributed by atoms with E-state index in [9.17, 15) is 4.79 Å². The predicted molar refractivity (Wildman–Crippen MR) is 80.6 cm³/mol. The van der Waals surface area contributed by atoms with Gasteiger partial charge >= 0.3 is 0 Å². The third-order valence-electron chi connectivity index (χ3n) is 2.93. The quantitative estimate of drug-likeness (QED) is 0.854. The zero-order chi connectivity index (χ0) is 14.4. The maximum Gasteiger partial charge on any atom is 0.240 e. The number of amides is 1. The Kier molecular flexibility index (Phi) is 5.29. The third kappa shape index (κ3) is 3.66. The minimum atomic E-state index is -0.661. The first kappa shape index (κ1) is 14.7. The van der Waals surface area contributed by atoms with Gasteiger partial charge in [-0.1, -0.05) is 36.4 Å². The van der Waals surface area contributed by atoms with Gasteiger partial charge in [0.25, 0.3) is 0 Å². The Balaban J connectivity index is 2.18. The summed E-state index contributed by atoms with van der Waals surface area (Å²) in [7, 11) is 1.53. The van der Waals surface area contributed by atoms with Gasteiger partial charge in [-0.05, 0) is 17.0 Å². The number of rotatable bonds is 6. The van der Waals surface area contributed by atoms with Crippen LogP contribution in [-0.2, 0) is 9.53 Å². The number of ether oxygens (including phenoxy) is 1. The molecule has 1 aromatic carbocycles. The van der Waals surface area contributed by atoms with Crippen LogP contribution in [0, 0.1) is 0 Å². The average Bonchev–Trinajstić information content (AvgIpc) is 2.99. The van der Waals surface area contributed by atoms with E-state index in [1.165, 1.54) is 7.11 Å². The topological polar surface area (TPSA) is 64.3 Å². The number of nitrogens with one attached hydrogen (secondary N) is 1. The first-order valence-electron chi connectivity index (χ1n) is 6.35. The van der Waals surface area contributed by atoms with Crippen LogP contribution in [0.4, 0.5) is 0 Å². The summed E-state index contributed by atoms with van der Waals surface area (Å²) < 4.78 is 4.92. The van der Waals surface area contributed by atoms with E-state index >= 15 is 0 Å². The van der Waals surface area contributed by atoms with Gasteiger partial charge in [0.05, 0.1) is 12.6 Å². The van der Waals surface area contributed by atoms with Crippen LogP contribution in [0.5, 0.6) is 0 Å². The van der Waals surface area contributed by atoms with Gasteiger partial charge in [-0.15, -0.1) is 11.3 Å². The molecule has 0 aliphatic heterocycles. The fraction of sp³-hybridized carbons (Fsp3) is 0.267. The second kappa shape index (κ2) is 7.19. The number of hydrogen-bond acceptors (Lipinski definition) is 4. The molecule has 0 saturated carbocycles. The van der Waals surface area contributed by atoms with Crippen molar-refractivity contribution < 1.29 is 9.53 Å². The van der Waals surface area contributed by atoms with E-state index in [1.54, 1.807) is 11.3 Å². The van der Waals surface area contributed by atoms with Crippen LogP contribution in [0.2, 0.25) is 0 Å². The minimum absolute atomic E-state index is 0.174. The van der Waals surface area contributed by atoms with Crippen molar-refractivity contribution in [3.05, 3.63) is 58.3 Å². The summed E-state index contributed by atoms with van der Waals surface area (Å²) in [5, 5.41) is 4.98. The molecule has 0 aliphatic rings. The van der Waals surface area contributed by atoms with E-state index in [-0.39, 0.29) is 18.6 Å². The van der Waals surface area contributed by atoms with Gasteiger partial charge in [0.1, 0.15) is 6.04 Å². The van der Waals surface area contributed by atoms with Crippen molar-refractivity contribution in [1.29, 1.82) is 0 Å². The Labute approximate surface area is 122 Å². The molecule has 0 spiro atoms. The van der Waals surface area contributed by atoms with Crippen molar-refractivity contribution in [2.75, 3.05) is 13.7 Å². The fourth-order valence-electron chi connectivity index (χ4n) is 1.92. The smallest absolute Gasteiger partial charge is 0.240 e. The Bertz CT molecular complexity index is 528. The number of nitrogens with two attached hydrogens (primary N) is 1. The van der Waals surface area contributed by atoms with E-state index in [0.717, 1.165) is 10.4 Å². The molecule has 0 aliphatic carbocycles. The maximum atomic E-state index is 12.1. The standard InChI is InChI=1S/C15H18N2O2S/c1-19-10-12(16)15(18)17-14(13-8-5-9-20-13)11-6-3-2-4-7-11/h2-9,12,14H,10,16H2,1H3,(H,17,18). The zero-order valence-corrected chi connectivity index (χ0v) is 12.1. The van der Waals surface area contributed by atoms with Crippen molar-refractivity contribution in [1.82, 2.24) is 5.32 Å². The minimum Gasteiger partial charge on any atom is -0.383 e. The number of thiophene rings is 1. The Morgan fingerprint density at radius 2 is 2.05 bits per heavy atom. The lowest BCUT2D eigenvalue weighted by Crippen LogP contribution is -2.44. The highest BCUT2D eigenvalue weighted by atomic mass is 32.1. The van der Waals surface area contributed by atoms with Crippen molar-refractivity contribution in [3.8, 4) is 0 Å². The molecule has 106 valence electrons. The number of carbonyl (C=O) groups is 1. The molecule has 4 nitrogen and oxygen atoms in total. The molecule has 2 aromatic rings. The van der Waals surface area contributed by atoms with E-state index in [0.29, 0.717) is 0 Å². The zero-order valence-electron chi connectivity index (χ0n) is 11.3. The summed E-state index contributed by atoms with van der Waals surface area (Å²) in [5.74, 6) is -0.214. The molecule has 2 rings (SSSR count). The van der Waals surface area contributed by atoms with Crippen LogP contribution in [0.3, 0.4) is 0 Å². The van der Waals surface area contributed by atoms with Crippen molar-refractivity contribution in [2.45, 2.75) is 12.1 Å². The van der Waals surface area contributed by atoms with Crippen molar-refractivity contribution in [3.63, 3.8) is 0 Å². The normalized spacial score (nSPS) is 13.7. The van der Waals surface area contributed by atoms with E-state index in [1.807, 2.05) is 47.8 Å². The van der Waals surface area contributed by atoms with Gasteiger partial charge in [0, 0.05) is 12.0 Å². The van der Waals surface area contributed by atoms with Crippen LogP contribution >= 0.6 is 11.3 Å². The molecule has 5 heteroatoms. The van der Waals surface area contributed by atoms with E-state index in [4.69, 9.17) is 10.5 Å². The van der Waals surface area contributed by atoms with Crippen molar-refractivity contribution >= 4 is 17.2 Å². The molecule has 0 fully saturated rings. The fourth-order valence-corrected chi connectivity index (χ4v) is 2.73. The molecule has 1 aromatic heterocycles. The monoisotopic (exact) mass is 290 g/mol. The third-order valence-corrected chi connectivity index (χ3v) is 3.87. The lowest BCUT2D eigenvalue weighted by atomic mass is 10.0. The van der Waals surface area contributed by atoms with Gasteiger partial charge in [-0.25, -0.2) is 0 Å². The lowest BCUT2D eigenvalue weighted by molar-refractivity contribution is -0.123. The first-order valence-corrected chi connectivity index (χ1v) is 7.23. The van der Waals surface area contributed by atoms with Crippen molar-refractivity contribution in [2.24, 2.45) is 5.73 Å². The molecule has 3 N–H and O–H groups in total. The second-order valence-corrected chi connectivity index (χ2v) is 5.41. The number of benzene rings is 1. The molecule has 1 amide bonds. The summed E-state index contributed by atoms with van der Waals surface area (Å²) in [6, 6.07) is 13.0. The van der Waals surface area contributed by atoms with Gasteiger partial charge < -0.3 is 15.8 Å². The Hall–Kier alpha value is -1.69. The van der Waals surface area contributed by atoms with Gasteiger partial charge in [-0.3, -0.25) is 4.79 Å². The average molecular weight is 290 g/mol. The van der Waals surface area contributed by atoms with Gasteiger partial charge in [-0.2, -0.15) is 0 Å². The highest BCUT2D eigenvalue weighted by Gasteiger charge is 2.21. The van der Waals surface area contributed by atoms with E-state index < -0.39 is 6.04 Å². The van der Waals surface area contributed by atoms with Crippen LogP contribution in [-0.4, -0.2) is 25.7 Å². The predicted octanol–water partition coefficient (Wildman–Crippen LogP) is 1.93. The summed E-state index contributed by atoms with van der Waals surface area (Å²) in [4.78, 5) is 13.2. The Morgan fingerprint density at radius 3 is 2.65 bits per heavy atom. The highest BCUT2D eigenvalue weighted by Crippen LogP contribution is 2.25. The molecule has 2 unspecified atom stereocenters. The number of carbonyl (C=O) groups excluding carboxylic acids is 1. The highest BCUT2D eigenvalue weighted by molar-refractivity contribution is 7.10.